The Morgan fingerprint density at radius 3 is 2.26 bits per heavy atom. The van der Waals surface area contributed by atoms with Crippen molar-refractivity contribution in [1.29, 1.82) is 0 Å². The summed E-state index contributed by atoms with van der Waals surface area (Å²) in [4.78, 5) is 15.4. The zero-order valence-electron chi connectivity index (χ0n) is 21.3. The number of thioether (sulfide) groups is 1. The summed E-state index contributed by atoms with van der Waals surface area (Å²) in [5, 5.41) is 19.1. The van der Waals surface area contributed by atoms with Gasteiger partial charge in [-0.25, -0.2) is 0 Å². The van der Waals surface area contributed by atoms with Crippen molar-refractivity contribution in [3.8, 4) is 28.4 Å². The van der Waals surface area contributed by atoms with E-state index >= 15 is 0 Å². The minimum Gasteiger partial charge on any atom is -0.502 e. The Bertz CT molecular complexity index is 1520. The molecule has 1 amide bonds. The van der Waals surface area contributed by atoms with E-state index in [9.17, 15) is 9.90 Å². The van der Waals surface area contributed by atoms with Crippen LogP contribution in [0, 0.1) is 0 Å². The van der Waals surface area contributed by atoms with Crippen molar-refractivity contribution in [2.24, 2.45) is 10.2 Å². The summed E-state index contributed by atoms with van der Waals surface area (Å²) in [5.74, 6) is 0.831. The van der Waals surface area contributed by atoms with E-state index in [1.165, 1.54) is 37.1 Å². The van der Waals surface area contributed by atoms with E-state index in [2.05, 4.69) is 22.3 Å². The molecule has 1 fully saturated rings. The number of aromatic hydroxyl groups is 1. The highest BCUT2D eigenvalue weighted by molar-refractivity contribution is 8.18. The second-order valence-corrected chi connectivity index (χ2v) is 9.48. The Balaban J connectivity index is 1.41. The third kappa shape index (κ3) is 5.89. The van der Waals surface area contributed by atoms with Crippen LogP contribution in [0.15, 0.2) is 105 Å². The van der Waals surface area contributed by atoms with Crippen molar-refractivity contribution in [2.75, 3.05) is 14.2 Å². The van der Waals surface area contributed by atoms with Crippen LogP contribution >= 0.6 is 11.8 Å². The van der Waals surface area contributed by atoms with Gasteiger partial charge in [0.15, 0.2) is 16.7 Å². The zero-order valence-corrected chi connectivity index (χ0v) is 22.1. The molecule has 0 radical (unpaired) electrons. The first-order valence-electron chi connectivity index (χ1n) is 12.0. The van der Waals surface area contributed by atoms with Crippen molar-refractivity contribution < 1.29 is 23.8 Å². The minimum absolute atomic E-state index is 0.100. The highest BCUT2D eigenvalue weighted by Crippen LogP contribution is 2.37. The molecule has 4 aromatic rings. The van der Waals surface area contributed by atoms with E-state index in [1.807, 2.05) is 48.5 Å². The number of hydrogen-bond acceptors (Lipinski definition) is 8. The van der Waals surface area contributed by atoms with E-state index in [-0.39, 0.29) is 29.7 Å². The molecule has 0 saturated carbocycles. The Morgan fingerprint density at radius 1 is 0.923 bits per heavy atom. The van der Waals surface area contributed by atoms with Gasteiger partial charge in [-0.2, -0.15) is 5.10 Å². The van der Waals surface area contributed by atoms with Gasteiger partial charge in [-0.3, -0.25) is 9.69 Å². The number of hydrogen-bond donors (Lipinski definition) is 1. The van der Waals surface area contributed by atoms with Crippen LogP contribution in [0.4, 0.5) is 0 Å². The number of rotatable bonds is 8. The number of amidine groups is 1. The number of furan rings is 1. The summed E-state index contributed by atoms with van der Waals surface area (Å²) in [6.45, 7) is 0.221. The molecular formula is C30H25N3O5S. The number of carbonyl (C=O) groups is 1. The van der Waals surface area contributed by atoms with Crippen molar-refractivity contribution in [3.05, 3.63) is 107 Å². The van der Waals surface area contributed by atoms with Gasteiger partial charge in [0, 0.05) is 5.56 Å². The van der Waals surface area contributed by atoms with E-state index < -0.39 is 0 Å². The van der Waals surface area contributed by atoms with Crippen molar-refractivity contribution >= 4 is 35.1 Å². The van der Waals surface area contributed by atoms with Gasteiger partial charge in [-0.05, 0) is 58.8 Å². The summed E-state index contributed by atoms with van der Waals surface area (Å²) >= 11 is 1.24. The predicted octanol–water partition coefficient (Wildman–Crippen LogP) is 6.18. The molecule has 1 saturated heterocycles. The number of amides is 1. The van der Waals surface area contributed by atoms with Gasteiger partial charge in [0.1, 0.15) is 5.76 Å². The fourth-order valence-corrected chi connectivity index (χ4v) is 4.90. The number of benzene rings is 3. The van der Waals surface area contributed by atoms with Crippen LogP contribution in [-0.2, 0) is 11.3 Å². The quantitative estimate of drug-likeness (QED) is 0.163. The summed E-state index contributed by atoms with van der Waals surface area (Å²) < 4.78 is 15.9. The summed E-state index contributed by atoms with van der Waals surface area (Å²) in [5.41, 5.74) is 3.73. The maximum absolute atomic E-state index is 13.4. The highest BCUT2D eigenvalue weighted by Gasteiger charge is 2.34. The predicted molar refractivity (Wildman–Crippen MR) is 153 cm³/mol. The first-order chi connectivity index (χ1) is 19.1. The number of phenols is 1. The number of methoxy groups -OCH3 is 2. The average molecular weight is 540 g/mol. The molecule has 0 spiro atoms. The summed E-state index contributed by atoms with van der Waals surface area (Å²) in [6, 6.07) is 25.0. The maximum atomic E-state index is 13.4. The molecule has 3 aromatic carbocycles. The van der Waals surface area contributed by atoms with Gasteiger partial charge in [0.2, 0.25) is 5.75 Å². The van der Waals surface area contributed by atoms with Crippen LogP contribution < -0.4 is 9.47 Å². The highest BCUT2D eigenvalue weighted by atomic mass is 32.2. The van der Waals surface area contributed by atoms with Crippen LogP contribution in [0.1, 0.15) is 16.9 Å². The van der Waals surface area contributed by atoms with E-state index in [1.54, 1.807) is 30.5 Å². The molecule has 0 bridgehead atoms. The molecule has 8 nitrogen and oxygen atoms in total. The molecule has 39 heavy (non-hydrogen) atoms. The first-order valence-corrected chi connectivity index (χ1v) is 12.8. The molecule has 9 heteroatoms. The summed E-state index contributed by atoms with van der Waals surface area (Å²) in [6.07, 6.45) is 4.91. The number of ether oxygens (including phenoxy) is 2. The van der Waals surface area contributed by atoms with Gasteiger partial charge in [-0.1, -0.05) is 54.6 Å². The second kappa shape index (κ2) is 11.7. The number of nitrogens with zero attached hydrogens (tertiary/aromatic N) is 3. The topological polar surface area (TPSA) is 96.9 Å². The Hall–Kier alpha value is -4.76. The molecule has 1 aliphatic rings. The monoisotopic (exact) mass is 539 g/mol. The summed E-state index contributed by atoms with van der Waals surface area (Å²) in [7, 11) is 2.90. The maximum Gasteiger partial charge on any atom is 0.267 e. The lowest BCUT2D eigenvalue weighted by Crippen LogP contribution is -2.28. The molecule has 1 aliphatic heterocycles. The van der Waals surface area contributed by atoms with Crippen LogP contribution in [0.2, 0.25) is 0 Å². The molecule has 196 valence electrons. The Kier molecular flexibility index (Phi) is 7.79. The lowest BCUT2D eigenvalue weighted by molar-refractivity contribution is -0.122. The molecule has 5 rings (SSSR count). The molecule has 1 N–H and O–H groups in total. The van der Waals surface area contributed by atoms with Crippen LogP contribution in [-0.4, -0.2) is 41.5 Å². The minimum atomic E-state index is -0.189. The van der Waals surface area contributed by atoms with Crippen molar-refractivity contribution in [3.63, 3.8) is 0 Å². The molecular weight excluding hydrogens is 514 g/mol. The molecule has 0 atom stereocenters. The Morgan fingerprint density at radius 2 is 1.62 bits per heavy atom. The molecule has 2 heterocycles. The Labute approximate surface area is 229 Å². The van der Waals surface area contributed by atoms with Gasteiger partial charge >= 0.3 is 0 Å². The van der Waals surface area contributed by atoms with Gasteiger partial charge in [0.25, 0.3) is 5.91 Å². The van der Waals surface area contributed by atoms with Gasteiger partial charge in [-0.15, -0.1) is 5.10 Å². The van der Waals surface area contributed by atoms with Crippen molar-refractivity contribution in [1.82, 2.24) is 4.90 Å². The van der Waals surface area contributed by atoms with Crippen LogP contribution in [0.25, 0.3) is 17.2 Å². The lowest BCUT2D eigenvalue weighted by Gasteiger charge is -2.12. The number of phenolic OH excluding ortho intramolecular Hbond substituents is 1. The van der Waals surface area contributed by atoms with Gasteiger partial charge in [0.05, 0.1) is 38.1 Å². The molecule has 1 aromatic heterocycles. The van der Waals surface area contributed by atoms with E-state index in [0.29, 0.717) is 21.4 Å². The molecule has 0 aliphatic carbocycles. The van der Waals surface area contributed by atoms with Gasteiger partial charge < -0.3 is 19.0 Å². The third-order valence-electron chi connectivity index (χ3n) is 5.95. The van der Waals surface area contributed by atoms with Crippen LogP contribution in [0.5, 0.6) is 17.2 Å². The molecule has 0 unspecified atom stereocenters. The largest absolute Gasteiger partial charge is 0.502 e. The normalized spacial score (nSPS) is 15.5. The van der Waals surface area contributed by atoms with E-state index in [4.69, 9.17) is 13.9 Å². The smallest absolute Gasteiger partial charge is 0.267 e. The van der Waals surface area contributed by atoms with Crippen LogP contribution in [0.3, 0.4) is 0 Å². The SMILES string of the molecule is COc1cc(/C=N/N=C2\S/C(=C\c3ccc(-c4ccccc4)cc3)C(=O)N2Cc2ccco2)cc(OC)c1O. The second-order valence-electron chi connectivity index (χ2n) is 8.47. The van der Waals surface area contributed by atoms with E-state index in [0.717, 1.165) is 16.7 Å². The number of carbonyl (C=O) groups excluding carboxylic acids is 1. The standard InChI is InChI=1S/C30H25N3O5S/c1-36-25-15-21(16-26(37-2)28(25)34)18-31-32-30-33(19-24-9-6-14-38-24)29(35)27(39-30)17-20-10-12-23(13-11-20)22-7-4-3-5-8-22/h3-18,34H,19H2,1-2H3/b27-17-,31-18+,32-30-. The van der Waals surface area contributed by atoms with Crippen molar-refractivity contribution in [2.45, 2.75) is 6.54 Å². The average Bonchev–Trinajstić information content (AvgIpc) is 3.59. The lowest BCUT2D eigenvalue weighted by atomic mass is 10.0. The first kappa shape index (κ1) is 25.9. The fraction of sp³-hybridized carbons (Fsp3) is 0.100. The fourth-order valence-electron chi connectivity index (χ4n) is 3.97. The zero-order chi connectivity index (χ0) is 27.2. The third-order valence-corrected chi connectivity index (χ3v) is 6.95.